The molecule has 0 spiro atoms. The van der Waals surface area contributed by atoms with E-state index in [1.807, 2.05) is 0 Å². The Morgan fingerprint density at radius 1 is 1.29 bits per heavy atom. The van der Waals surface area contributed by atoms with E-state index in [1.165, 1.54) is 0 Å². The van der Waals surface area contributed by atoms with E-state index in [0.29, 0.717) is 12.2 Å². The van der Waals surface area contributed by atoms with Crippen molar-refractivity contribution < 1.29 is 27.5 Å². The van der Waals surface area contributed by atoms with Crippen LogP contribution in [0.15, 0.2) is 0 Å². The van der Waals surface area contributed by atoms with Crippen LogP contribution in [0.25, 0.3) is 0 Å². The summed E-state index contributed by atoms with van der Waals surface area (Å²) >= 11 is 11.8. The first kappa shape index (κ1) is 18.9. The Hall–Kier alpha value is -1.45. The molecule has 3 N–H and O–H groups in total. The normalized spacial score (nSPS) is 21.4. The van der Waals surface area contributed by atoms with E-state index < -0.39 is 30.2 Å². The molecule has 0 bridgehead atoms. The molecule has 134 valence electrons. The number of aromatic amines is 1. The Bertz CT molecular complexity index is 648. The molecule has 11 heteroatoms. The van der Waals surface area contributed by atoms with Gasteiger partial charge in [-0.2, -0.15) is 13.2 Å². The highest BCUT2D eigenvalue weighted by Gasteiger charge is 2.44. The maximum Gasteiger partial charge on any atom is 0.490 e. The van der Waals surface area contributed by atoms with Gasteiger partial charge in [0, 0.05) is 12.2 Å². The maximum atomic E-state index is 12.3. The van der Waals surface area contributed by atoms with Gasteiger partial charge in [-0.25, -0.2) is 4.79 Å². The molecule has 2 atom stereocenters. The summed E-state index contributed by atoms with van der Waals surface area (Å²) in [5, 5.41) is 5.54. The van der Waals surface area contributed by atoms with Crippen LogP contribution in [0.4, 0.5) is 13.2 Å². The monoisotopic (exact) mass is 387 g/mol. The number of hydrogen-bond acceptors (Lipinski definition) is 4. The third-order valence-electron chi connectivity index (χ3n) is 3.51. The van der Waals surface area contributed by atoms with Gasteiger partial charge in [-0.3, -0.25) is 4.79 Å². The SMILES string of the molecule is Cc1[nH]c(C(=O)N[C@H]2CCNC[C@@H]2OC(=O)C(F)(F)F)c(Cl)c1Cl. The highest BCUT2D eigenvalue weighted by molar-refractivity contribution is 6.44. The minimum absolute atomic E-state index is 0.00130. The van der Waals surface area contributed by atoms with Gasteiger partial charge >= 0.3 is 12.1 Å². The number of aryl methyl sites for hydroxylation is 1. The summed E-state index contributed by atoms with van der Waals surface area (Å²) in [6.45, 7) is 2.05. The van der Waals surface area contributed by atoms with E-state index in [0.717, 1.165) is 0 Å². The Kier molecular flexibility index (Phi) is 5.67. The van der Waals surface area contributed by atoms with Crippen molar-refractivity contribution in [2.45, 2.75) is 31.7 Å². The predicted octanol–water partition coefficient (Wildman–Crippen LogP) is 2.20. The number of hydrogen-bond donors (Lipinski definition) is 3. The van der Waals surface area contributed by atoms with E-state index in [9.17, 15) is 22.8 Å². The van der Waals surface area contributed by atoms with Gasteiger partial charge in [0.2, 0.25) is 0 Å². The number of rotatable bonds is 3. The maximum absolute atomic E-state index is 12.3. The third kappa shape index (κ3) is 4.14. The van der Waals surface area contributed by atoms with Gasteiger partial charge in [0.25, 0.3) is 5.91 Å². The van der Waals surface area contributed by atoms with E-state index in [2.05, 4.69) is 20.4 Å². The average molecular weight is 388 g/mol. The van der Waals surface area contributed by atoms with E-state index in [1.54, 1.807) is 6.92 Å². The van der Waals surface area contributed by atoms with Crippen molar-refractivity contribution in [3.8, 4) is 0 Å². The summed E-state index contributed by atoms with van der Waals surface area (Å²) in [4.78, 5) is 26.0. The average Bonchev–Trinajstić information content (AvgIpc) is 2.76. The number of piperidine rings is 1. The fraction of sp³-hybridized carbons (Fsp3) is 0.538. The number of nitrogens with one attached hydrogen (secondary N) is 3. The van der Waals surface area contributed by atoms with E-state index in [4.69, 9.17) is 23.2 Å². The zero-order valence-corrected chi connectivity index (χ0v) is 13.9. The Morgan fingerprint density at radius 2 is 1.96 bits per heavy atom. The molecular weight excluding hydrogens is 374 g/mol. The molecule has 1 aliphatic heterocycles. The zero-order valence-electron chi connectivity index (χ0n) is 12.4. The number of esters is 1. The standard InChI is InChI=1S/C13H14Cl2F3N3O3/c1-5-8(14)9(15)10(20-5)11(22)21-6-2-3-19-4-7(6)24-12(23)13(16,17)18/h6-7,19-20H,2-4H2,1H3,(H,21,22)/t6-,7-/m0/s1. The molecule has 6 nitrogen and oxygen atoms in total. The number of aromatic nitrogens is 1. The summed E-state index contributed by atoms with van der Waals surface area (Å²) in [5.74, 6) is -2.94. The lowest BCUT2D eigenvalue weighted by atomic mass is 10.0. The van der Waals surface area contributed by atoms with Gasteiger partial charge in [0.15, 0.2) is 0 Å². The summed E-state index contributed by atoms with van der Waals surface area (Å²) in [7, 11) is 0. The molecule has 1 amide bonds. The van der Waals surface area contributed by atoms with Crippen molar-refractivity contribution >= 4 is 35.1 Å². The zero-order chi connectivity index (χ0) is 18.1. The molecule has 0 aliphatic carbocycles. The Labute approximate surface area is 145 Å². The number of carbonyl (C=O) groups excluding carboxylic acids is 2. The molecule has 1 aliphatic rings. The second-order valence-electron chi connectivity index (χ2n) is 5.27. The first-order valence-electron chi connectivity index (χ1n) is 6.94. The quantitative estimate of drug-likeness (QED) is 0.694. The highest BCUT2D eigenvalue weighted by atomic mass is 35.5. The van der Waals surface area contributed by atoms with Crippen molar-refractivity contribution in [2.24, 2.45) is 0 Å². The van der Waals surface area contributed by atoms with Crippen LogP contribution in [0.5, 0.6) is 0 Å². The van der Waals surface area contributed by atoms with Crippen LogP contribution in [-0.2, 0) is 9.53 Å². The van der Waals surface area contributed by atoms with Crippen LogP contribution >= 0.6 is 23.2 Å². The van der Waals surface area contributed by atoms with Crippen molar-refractivity contribution in [1.82, 2.24) is 15.6 Å². The molecule has 2 heterocycles. The first-order chi connectivity index (χ1) is 11.1. The molecule has 1 saturated heterocycles. The topological polar surface area (TPSA) is 83.2 Å². The lowest BCUT2D eigenvalue weighted by molar-refractivity contribution is -0.206. The number of ether oxygens (including phenoxy) is 1. The van der Waals surface area contributed by atoms with Crippen molar-refractivity contribution in [1.29, 1.82) is 0 Å². The molecule has 2 rings (SSSR count). The molecule has 0 saturated carbocycles. The molecule has 1 fully saturated rings. The summed E-state index contributed by atoms with van der Waals surface area (Å²) in [6, 6.07) is -0.788. The second-order valence-corrected chi connectivity index (χ2v) is 6.02. The lowest BCUT2D eigenvalue weighted by Crippen LogP contribution is -2.55. The minimum Gasteiger partial charge on any atom is -0.452 e. The van der Waals surface area contributed by atoms with Crippen LogP contribution < -0.4 is 10.6 Å². The van der Waals surface area contributed by atoms with Gasteiger partial charge < -0.3 is 20.4 Å². The van der Waals surface area contributed by atoms with E-state index in [-0.39, 0.29) is 28.7 Å². The van der Waals surface area contributed by atoms with Crippen LogP contribution in [0.1, 0.15) is 22.6 Å². The Morgan fingerprint density at radius 3 is 2.50 bits per heavy atom. The number of halogens is 5. The Balaban J connectivity index is 2.09. The van der Waals surface area contributed by atoms with Gasteiger partial charge in [0.1, 0.15) is 11.8 Å². The smallest absolute Gasteiger partial charge is 0.452 e. The predicted molar refractivity (Wildman–Crippen MR) is 80.2 cm³/mol. The molecule has 0 unspecified atom stereocenters. The van der Waals surface area contributed by atoms with Gasteiger partial charge in [0.05, 0.1) is 16.1 Å². The largest absolute Gasteiger partial charge is 0.490 e. The van der Waals surface area contributed by atoms with Crippen LogP contribution in [0.3, 0.4) is 0 Å². The fourth-order valence-corrected chi connectivity index (χ4v) is 2.71. The highest BCUT2D eigenvalue weighted by Crippen LogP contribution is 2.29. The van der Waals surface area contributed by atoms with Crippen molar-refractivity contribution in [3.05, 3.63) is 21.4 Å². The minimum atomic E-state index is -5.10. The fourth-order valence-electron chi connectivity index (χ4n) is 2.29. The van der Waals surface area contributed by atoms with Gasteiger partial charge in [-0.05, 0) is 19.9 Å². The summed E-state index contributed by atoms with van der Waals surface area (Å²) < 4.78 is 41.5. The molecule has 1 aromatic rings. The van der Waals surface area contributed by atoms with Crippen LogP contribution in [0, 0.1) is 6.92 Å². The molecule has 0 aromatic carbocycles. The molecule has 0 radical (unpaired) electrons. The number of amides is 1. The first-order valence-corrected chi connectivity index (χ1v) is 7.69. The van der Waals surface area contributed by atoms with Crippen molar-refractivity contribution in [3.63, 3.8) is 0 Å². The summed E-state index contributed by atoms with van der Waals surface area (Å²) in [6.07, 6.45) is -5.96. The third-order valence-corrected chi connectivity index (χ3v) is 4.46. The number of carbonyl (C=O) groups is 2. The van der Waals surface area contributed by atoms with Crippen LogP contribution in [-0.4, -0.2) is 48.3 Å². The van der Waals surface area contributed by atoms with Crippen LogP contribution in [0.2, 0.25) is 10.0 Å². The van der Waals surface area contributed by atoms with Gasteiger partial charge in [-0.15, -0.1) is 0 Å². The van der Waals surface area contributed by atoms with Crippen molar-refractivity contribution in [2.75, 3.05) is 13.1 Å². The summed E-state index contributed by atoms with van der Waals surface area (Å²) in [5.41, 5.74) is 0.482. The van der Waals surface area contributed by atoms with Gasteiger partial charge in [-0.1, -0.05) is 23.2 Å². The number of alkyl halides is 3. The number of H-pyrrole nitrogens is 1. The van der Waals surface area contributed by atoms with E-state index >= 15 is 0 Å². The molecule has 1 aromatic heterocycles. The second kappa shape index (κ2) is 7.20. The molecular formula is C13H14Cl2F3N3O3. The lowest BCUT2D eigenvalue weighted by Gasteiger charge is -2.32. The molecule has 24 heavy (non-hydrogen) atoms.